The van der Waals surface area contributed by atoms with E-state index in [2.05, 4.69) is 10.3 Å². The molecule has 2 heterocycles. The molecule has 0 saturated carbocycles. The first-order chi connectivity index (χ1) is 19.4. The molecule has 7 nitrogen and oxygen atoms in total. The largest absolute Gasteiger partial charge is 0.462 e. The highest BCUT2D eigenvalue weighted by atomic mass is 35.5. The third-order valence-electron chi connectivity index (χ3n) is 5.85. The number of amides is 1. The summed E-state index contributed by atoms with van der Waals surface area (Å²) >= 11 is 14.8. The van der Waals surface area contributed by atoms with E-state index >= 15 is 0 Å². The number of para-hydroxylation sites is 2. The normalized spacial score (nSPS) is 11.0. The summed E-state index contributed by atoms with van der Waals surface area (Å²) in [7, 11) is 0. The van der Waals surface area contributed by atoms with Crippen molar-refractivity contribution in [3.05, 3.63) is 104 Å². The fourth-order valence-electron chi connectivity index (χ4n) is 4.05. The molecule has 0 atom stereocenters. The zero-order valence-electron chi connectivity index (χ0n) is 21.0. The fourth-order valence-corrected chi connectivity index (χ4v) is 6.17. The van der Waals surface area contributed by atoms with Gasteiger partial charge >= 0.3 is 5.97 Å². The molecule has 1 N–H and O–H groups in total. The average Bonchev–Trinajstić information content (AvgIpc) is 3.36. The van der Waals surface area contributed by atoms with Crippen molar-refractivity contribution in [3.8, 4) is 16.8 Å². The molecule has 5 aromatic rings. The Morgan fingerprint density at radius 3 is 2.50 bits per heavy atom. The van der Waals surface area contributed by atoms with Crippen molar-refractivity contribution in [2.75, 3.05) is 17.7 Å². The van der Waals surface area contributed by atoms with Crippen LogP contribution in [-0.2, 0) is 9.53 Å². The van der Waals surface area contributed by atoms with E-state index in [1.807, 2.05) is 0 Å². The van der Waals surface area contributed by atoms with E-state index in [9.17, 15) is 14.4 Å². The molecule has 2 aromatic heterocycles. The van der Waals surface area contributed by atoms with Crippen molar-refractivity contribution in [1.82, 2.24) is 9.55 Å². The standard InChI is InChI=1S/C29H21Cl2N3O4S2/c1-2-38-28(37)25-20(17-11-13-18(30)14-12-17)15-39-26(25)33-24(35)16-40-29-32-22-9-5-3-7-19(22)27(36)34(29)23-10-6-4-8-21(23)31/h3-15H,2,16H2,1H3,(H,33,35). The summed E-state index contributed by atoms with van der Waals surface area (Å²) in [4.78, 5) is 44.1. The molecule has 0 aliphatic heterocycles. The van der Waals surface area contributed by atoms with Gasteiger partial charge < -0.3 is 10.1 Å². The number of nitrogens with one attached hydrogen (secondary N) is 1. The van der Waals surface area contributed by atoms with Gasteiger partial charge in [0.2, 0.25) is 5.91 Å². The van der Waals surface area contributed by atoms with Crippen molar-refractivity contribution < 1.29 is 14.3 Å². The molecule has 0 unspecified atom stereocenters. The first-order valence-corrected chi connectivity index (χ1v) is 14.7. The van der Waals surface area contributed by atoms with Crippen LogP contribution in [-0.4, -0.2) is 33.8 Å². The molecule has 0 spiro atoms. The minimum Gasteiger partial charge on any atom is -0.462 e. The van der Waals surface area contributed by atoms with Crippen LogP contribution in [0.2, 0.25) is 10.0 Å². The minimum atomic E-state index is -0.541. The lowest BCUT2D eigenvalue weighted by Crippen LogP contribution is -2.23. The zero-order chi connectivity index (χ0) is 28.2. The Morgan fingerprint density at radius 1 is 1.02 bits per heavy atom. The number of benzene rings is 3. The van der Waals surface area contributed by atoms with E-state index in [-0.39, 0.29) is 29.4 Å². The number of carbonyl (C=O) groups is 2. The number of anilines is 1. The Kier molecular flexibility index (Phi) is 8.56. The highest BCUT2D eigenvalue weighted by molar-refractivity contribution is 7.99. The van der Waals surface area contributed by atoms with Gasteiger partial charge in [-0.1, -0.05) is 71.4 Å². The summed E-state index contributed by atoms with van der Waals surface area (Å²) in [6.45, 7) is 1.90. The maximum Gasteiger partial charge on any atom is 0.341 e. The van der Waals surface area contributed by atoms with Gasteiger partial charge in [0.1, 0.15) is 10.6 Å². The third kappa shape index (κ3) is 5.78. The van der Waals surface area contributed by atoms with E-state index in [0.29, 0.717) is 42.4 Å². The molecule has 0 aliphatic carbocycles. The van der Waals surface area contributed by atoms with E-state index in [4.69, 9.17) is 27.9 Å². The topological polar surface area (TPSA) is 90.3 Å². The summed E-state index contributed by atoms with van der Waals surface area (Å²) in [6, 6.07) is 21.0. The van der Waals surface area contributed by atoms with Gasteiger partial charge in [-0.05, 0) is 48.9 Å². The second-order valence-corrected chi connectivity index (χ2v) is 11.1. The van der Waals surface area contributed by atoms with E-state index in [1.165, 1.54) is 15.9 Å². The number of hydrogen-bond acceptors (Lipinski definition) is 7. The van der Waals surface area contributed by atoms with Crippen molar-refractivity contribution in [2.45, 2.75) is 12.1 Å². The number of thioether (sulfide) groups is 1. The first-order valence-electron chi connectivity index (χ1n) is 12.1. The molecule has 40 heavy (non-hydrogen) atoms. The smallest absolute Gasteiger partial charge is 0.341 e. The number of halogens is 2. The summed E-state index contributed by atoms with van der Waals surface area (Å²) in [5.41, 5.74) is 2.34. The summed E-state index contributed by atoms with van der Waals surface area (Å²) in [5, 5.41) is 6.68. The van der Waals surface area contributed by atoms with Gasteiger partial charge in [-0.15, -0.1) is 11.3 Å². The maximum atomic E-state index is 13.5. The van der Waals surface area contributed by atoms with Gasteiger partial charge in [-0.3, -0.25) is 14.2 Å². The first kappa shape index (κ1) is 27.9. The van der Waals surface area contributed by atoms with Crippen LogP contribution in [0.3, 0.4) is 0 Å². The Hall–Kier alpha value is -3.63. The van der Waals surface area contributed by atoms with E-state index < -0.39 is 5.97 Å². The van der Waals surface area contributed by atoms with Crippen LogP contribution in [0.15, 0.2) is 88.1 Å². The summed E-state index contributed by atoms with van der Waals surface area (Å²) < 4.78 is 6.69. The fraction of sp³-hybridized carbons (Fsp3) is 0.103. The number of esters is 1. The number of rotatable bonds is 8. The average molecular weight is 611 g/mol. The van der Waals surface area contributed by atoms with Crippen molar-refractivity contribution in [1.29, 1.82) is 0 Å². The van der Waals surface area contributed by atoms with E-state index in [0.717, 1.165) is 17.3 Å². The lowest BCUT2D eigenvalue weighted by Gasteiger charge is -2.14. The van der Waals surface area contributed by atoms with Crippen LogP contribution in [0.5, 0.6) is 0 Å². The molecular weight excluding hydrogens is 589 g/mol. The lowest BCUT2D eigenvalue weighted by molar-refractivity contribution is -0.113. The molecule has 202 valence electrons. The second-order valence-electron chi connectivity index (χ2n) is 8.42. The molecule has 0 radical (unpaired) electrons. The third-order valence-corrected chi connectivity index (χ3v) is 8.26. The predicted molar refractivity (Wildman–Crippen MR) is 162 cm³/mol. The van der Waals surface area contributed by atoms with Crippen LogP contribution < -0.4 is 10.9 Å². The molecule has 0 fully saturated rings. The van der Waals surface area contributed by atoms with Crippen LogP contribution in [0.1, 0.15) is 17.3 Å². The van der Waals surface area contributed by atoms with Crippen LogP contribution >= 0.6 is 46.3 Å². The van der Waals surface area contributed by atoms with Crippen molar-refractivity contribution >= 4 is 74.1 Å². The SMILES string of the molecule is CCOC(=O)c1c(-c2ccc(Cl)cc2)csc1NC(=O)CSc1nc2ccccc2c(=O)n1-c1ccccc1Cl. The number of carbonyl (C=O) groups excluding carboxylic acids is 2. The van der Waals surface area contributed by atoms with Crippen LogP contribution in [0, 0.1) is 0 Å². The Morgan fingerprint density at radius 2 is 1.75 bits per heavy atom. The molecule has 0 bridgehead atoms. The van der Waals surface area contributed by atoms with Gasteiger partial charge in [0.15, 0.2) is 5.16 Å². The molecule has 1 amide bonds. The molecule has 3 aromatic carbocycles. The van der Waals surface area contributed by atoms with Crippen LogP contribution in [0.25, 0.3) is 27.7 Å². The predicted octanol–water partition coefficient (Wildman–Crippen LogP) is 7.33. The summed E-state index contributed by atoms with van der Waals surface area (Å²) in [6.07, 6.45) is 0. The van der Waals surface area contributed by atoms with Gasteiger partial charge in [0.25, 0.3) is 5.56 Å². The number of nitrogens with zero attached hydrogens (tertiary/aromatic N) is 2. The Bertz CT molecular complexity index is 1780. The number of aromatic nitrogens is 2. The van der Waals surface area contributed by atoms with Gasteiger partial charge in [-0.2, -0.15) is 0 Å². The second kappa shape index (κ2) is 12.3. The maximum absolute atomic E-state index is 13.5. The summed E-state index contributed by atoms with van der Waals surface area (Å²) in [5.74, 6) is -1.00. The highest BCUT2D eigenvalue weighted by Gasteiger charge is 2.23. The molecule has 0 saturated heterocycles. The Balaban J connectivity index is 1.45. The minimum absolute atomic E-state index is 0.0777. The van der Waals surface area contributed by atoms with Crippen molar-refractivity contribution in [3.63, 3.8) is 0 Å². The molecular formula is C29H21Cl2N3O4S2. The van der Waals surface area contributed by atoms with Gasteiger partial charge in [0, 0.05) is 16.0 Å². The van der Waals surface area contributed by atoms with Gasteiger partial charge in [-0.25, -0.2) is 9.78 Å². The monoisotopic (exact) mass is 609 g/mol. The quantitative estimate of drug-likeness (QED) is 0.112. The highest BCUT2D eigenvalue weighted by Crippen LogP contribution is 2.37. The molecule has 5 rings (SSSR count). The molecule has 11 heteroatoms. The number of ether oxygens (including phenoxy) is 1. The van der Waals surface area contributed by atoms with Crippen molar-refractivity contribution in [2.24, 2.45) is 0 Å². The Labute approximate surface area is 247 Å². The zero-order valence-corrected chi connectivity index (χ0v) is 24.2. The number of hydrogen-bond donors (Lipinski definition) is 1. The molecule has 0 aliphatic rings. The van der Waals surface area contributed by atoms with Gasteiger partial charge in [0.05, 0.1) is 34.0 Å². The lowest BCUT2D eigenvalue weighted by atomic mass is 10.0. The van der Waals surface area contributed by atoms with Crippen LogP contribution in [0.4, 0.5) is 5.00 Å². The van der Waals surface area contributed by atoms with E-state index in [1.54, 1.807) is 85.1 Å². The number of fused-ring (bicyclic) bond motifs is 1. The number of thiophene rings is 1.